The van der Waals surface area contributed by atoms with Gasteiger partial charge < -0.3 is 16.0 Å². The van der Waals surface area contributed by atoms with Crippen LogP contribution in [0, 0.1) is 0 Å². The summed E-state index contributed by atoms with van der Waals surface area (Å²) < 4.78 is 0. The minimum Gasteiger partial charge on any atom is -0.382 e. The van der Waals surface area contributed by atoms with Gasteiger partial charge in [0.15, 0.2) is 5.13 Å². The van der Waals surface area contributed by atoms with Gasteiger partial charge in [-0.1, -0.05) is 18.3 Å². The molecule has 0 radical (unpaired) electrons. The summed E-state index contributed by atoms with van der Waals surface area (Å²) in [4.78, 5) is 19.0. The van der Waals surface area contributed by atoms with Crippen molar-refractivity contribution in [2.45, 2.75) is 25.8 Å². The lowest BCUT2D eigenvalue weighted by atomic mass is 10.2. The summed E-state index contributed by atoms with van der Waals surface area (Å²) in [5.41, 5.74) is 5.86. The summed E-state index contributed by atoms with van der Waals surface area (Å²) in [5, 5.41) is 3.90. The fourth-order valence-corrected chi connectivity index (χ4v) is 4.11. The van der Waals surface area contributed by atoms with Crippen LogP contribution in [0.1, 0.15) is 29.4 Å². The fourth-order valence-electron chi connectivity index (χ4n) is 1.95. The molecule has 1 aromatic heterocycles. The van der Waals surface area contributed by atoms with Crippen LogP contribution in [-0.4, -0.2) is 46.9 Å². The molecule has 1 aliphatic heterocycles. The largest absolute Gasteiger partial charge is 0.382 e. The zero-order chi connectivity index (χ0) is 13.8. The Morgan fingerprint density at radius 2 is 2.42 bits per heavy atom. The zero-order valence-electron chi connectivity index (χ0n) is 11.3. The smallest absolute Gasteiger partial charge is 0.267 e. The summed E-state index contributed by atoms with van der Waals surface area (Å²) in [6.07, 6.45) is 2.08. The quantitative estimate of drug-likeness (QED) is 0.871. The number of amides is 1. The third kappa shape index (κ3) is 3.33. The van der Waals surface area contributed by atoms with Crippen LogP contribution in [0.2, 0.25) is 0 Å². The first kappa shape index (κ1) is 14.5. The molecular weight excluding hydrogens is 280 g/mol. The lowest BCUT2D eigenvalue weighted by Gasteiger charge is -2.23. The minimum atomic E-state index is -0.00736. The number of hydrogen-bond acceptors (Lipinski definition) is 6. The molecule has 1 fully saturated rings. The second-order valence-corrected chi connectivity index (χ2v) is 6.74. The number of aromatic nitrogens is 1. The average molecular weight is 300 g/mol. The van der Waals surface area contributed by atoms with Crippen LogP contribution in [0.3, 0.4) is 0 Å². The highest BCUT2D eigenvalue weighted by Crippen LogP contribution is 2.28. The van der Waals surface area contributed by atoms with E-state index in [1.807, 2.05) is 23.7 Å². The van der Waals surface area contributed by atoms with Gasteiger partial charge in [0, 0.05) is 25.4 Å². The number of hydrogen-bond donors (Lipinski definition) is 2. The molecule has 106 valence electrons. The first-order valence-corrected chi connectivity index (χ1v) is 8.45. The summed E-state index contributed by atoms with van der Waals surface area (Å²) in [5.74, 6) is 2.48. The number of anilines is 2. The second kappa shape index (κ2) is 6.47. The van der Waals surface area contributed by atoms with E-state index in [2.05, 4.69) is 17.2 Å². The van der Waals surface area contributed by atoms with Gasteiger partial charge in [-0.15, -0.1) is 0 Å². The molecule has 1 amide bonds. The van der Waals surface area contributed by atoms with Crippen molar-refractivity contribution in [1.82, 2.24) is 9.88 Å². The van der Waals surface area contributed by atoms with E-state index in [9.17, 15) is 4.79 Å². The first-order valence-electron chi connectivity index (χ1n) is 6.48. The highest BCUT2D eigenvalue weighted by Gasteiger charge is 2.27. The van der Waals surface area contributed by atoms with E-state index in [4.69, 9.17) is 5.73 Å². The maximum Gasteiger partial charge on any atom is 0.267 e. The lowest BCUT2D eigenvalue weighted by Crippen LogP contribution is -2.36. The van der Waals surface area contributed by atoms with Crippen molar-refractivity contribution in [3.8, 4) is 0 Å². The van der Waals surface area contributed by atoms with Gasteiger partial charge in [-0.2, -0.15) is 11.8 Å². The molecule has 0 bridgehead atoms. The van der Waals surface area contributed by atoms with Crippen molar-refractivity contribution in [3.63, 3.8) is 0 Å². The normalized spacial score (nSPS) is 18.5. The number of nitrogens with zero attached hydrogens (tertiary/aromatic N) is 2. The predicted octanol–water partition coefficient (Wildman–Crippen LogP) is 2.12. The van der Waals surface area contributed by atoms with E-state index in [1.54, 1.807) is 0 Å². The minimum absolute atomic E-state index is 0.00736. The highest BCUT2D eigenvalue weighted by atomic mass is 32.2. The first-order chi connectivity index (χ1) is 9.13. The van der Waals surface area contributed by atoms with Crippen LogP contribution in [-0.2, 0) is 0 Å². The van der Waals surface area contributed by atoms with Crippen molar-refractivity contribution in [3.05, 3.63) is 4.88 Å². The monoisotopic (exact) mass is 300 g/mol. The number of thioether (sulfide) groups is 1. The van der Waals surface area contributed by atoms with Crippen molar-refractivity contribution >= 4 is 40.0 Å². The van der Waals surface area contributed by atoms with Crippen LogP contribution in [0.5, 0.6) is 0 Å². The molecule has 1 saturated heterocycles. The summed E-state index contributed by atoms with van der Waals surface area (Å²) in [6, 6.07) is 0.325. The summed E-state index contributed by atoms with van der Waals surface area (Å²) >= 11 is 3.24. The number of nitrogen functional groups attached to an aromatic ring is 1. The number of nitrogens with two attached hydrogens (primary N) is 1. The molecule has 5 nitrogen and oxygen atoms in total. The maximum atomic E-state index is 12.4. The number of carbonyl (C=O) groups excluding carboxylic acids is 1. The molecule has 3 N–H and O–H groups in total. The van der Waals surface area contributed by atoms with Crippen molar-refractivity contribution in [2.24, 2.45) is 0 Å². The SMILES string of the molecule is CCCNc1nc(N)c(C(=O)N(C)C2CCSC2)s1. The van der Waals surface area contributed by atoms with E-state index < -0.39 is 0 Å². The number of thiazole rings is 1. The molecule has 0 aromatic carbocycles. The lowest BCUT2D eigenvalue weighted by molar-refractivity contribution is 0.0753. The second-order valence-electron chi connectivity index (χ2n) is 4.59. The molecular formula is C12H20N4OS2. The summed E-state index contributed by atoms with van der Waals surface area (Å²) in [6.45, 7) is 2.93. The van der Waals surface area contributed by atoms with Crippen LogP contribution >= 0.6 is 23.1 Å². The van der Waals surface area contributed by atoms with Crippen LogP contribution in [0.4, 0.5) is 10.9 Å². The molecule has 1 atom stereocenters. The van der Waals surface area contributed by atoms with E-state index in [0.29, 0.717) is 16.7 Å². The van der Waals surface area contributed by atoms with Crippen molar-refractivity contribution in [2.75, 3.05) is 36.1 Å². The van der Waals surface area contributed by atoms with Gasteiger partial charge in [-0.05, 0) is 18.6 Å². The third-order valence-corrected chi connectivity index (χ3v) is 5.31. The molecule has 1 aliphatic rings. The van der Waals surface area contributed by atoms with E-state index in [-0.39, 0.29) is 5.91 Å². The van der Waals surface area contributed by atoms with Gasteiger partial charge in [0.1, 0.15) is 10.7 Å². The Kier molecular flexibility index (Phi) is 4.93. The Balaban J connectivity index is 2.07. The van der Waals surface area contributed by atoms with Gasteiger partial charge in [0.2, 0.25) is 0 Å². The molecule has 2 rings (SSSR count). The van der Waals surface area contributed by atoms with Gasteiger partial charge in [0.25, 0.3) is 5.91 Å². The van der Waals surface area contributed by atoms with Gasteiger partial charge >= 0.3 is 0 Å². The number of rotatable bonds is 5. The Morgan fingerprint density at radius 3 is 3.05 bits per heavy atom. The Hall–Kier alpha value is -0.950. The third-order valence-electron chi connectivity index (χ3n) is 3.15. The fraction of sp³-hybridized carbons (Fsp3) is 0.667. The molecule has 0 aliphatic carbocycles. The molecule has 0 spiro atoms. The van der Waals surface area contributed by atoms with Crippen molar-refractivity contribution < 1.29 is 4.79 Å². The molecule has 19 heavy (non-hydrogen) atoms. The zero-order valence-corrected chi connectivity index (χ0v) is 12.9. The summed E-state index contributed by atoms with van der Waals surface area (Å²) in [7, 11) is 1.86. The number of nitrogens with one attached hydrogen (secondary N) is 1. The molecule has 2 heterocycles. The molecule has 0 saturated carbocycles. The standard InChI is InChI=1S/C12H20N4OS2/c1-3-5-14-12-15-10(13)9(19-12)11(17)16(2)8-4-6-18-7-8/h8H,3-7,13H2,1-2H3,(H,14,15). The molecule has 1 unspecified atom stereocenters. The van der Waals surface area contributed by atoms with E-state index in [0.717, 1.165) is 36.0 Å². The number of carbonyl (C=O) groups is 1. The van der Waals surface area contributed by atoms with Crippen molar-refractivity contribution in [1.29, 1.82) is 0 Å². The van der Waals surface area contributed by atoms with E-state index >= 15 is 0 Å². The molecule has 7 heteroatoms. The topological polar surface area (TPSA) is 71.2 Å². The Bertz CT molecular complexity index is 443. The average Bonchev–Trinajstić information content (AvgIpc) is 3.04. The van der Waals surface area contributed by atoms with Gasteiger partial charge in [0.05, 0.1) is 0 Å². The Labute approximate surface area is 122 Å². The Morgan fingerprint density at radius 1 is 1.63 bits per heavy atom. The molecule has 1 aromatic rings. The van der Waals surface area contributed by atoms with Crippen LogP contribution in [0.25, 0.3) is 0 Å². The van der Waals surface area contributed by atoms with Gasteiger partial charge in [-0.25, -0.2) is 4.98 Å². The predicted molar refractivity (Wildman–Crippen MR) is 83.1 cm³/mol. The van der Waals surface area contributed by atoms with Crippen LogP contribution < -0.4 is 11.1 Å². The van der Waals surface area contributed by atoms with Gasteiger partial charge in [-0.3, -0.25) is 4.79 Å². The highest BCUT2D eigenvalue weighted by molar-refractivity contribution is 7.99. The van der Waals surface area contributed by atoms with E-state index in [1.165, 1.54) is 11.3 Å². The van der Waals surface area contributed by atoms with Crippen LogP contribution in [0.15, 0.2) is 0 Å². The maximum absolute atomic E-state index is 12.4.